The molecule has 1 fully saturated rings. The van der Waals surface area contributed by atoms with Gasteiger partial charge in [0.2, 0.25) is 0 Å². The van der Waals surface area contributed by atoms with Gasteiger partial charge in [0.05, 0.1) is 5.25 Å². The highest BCUT2D eigenvalue weighted by molar-refractivity contribution is 7.91. The molecule has 1 aliphatic rings. The summed E-state index contributed by atoms with van der Waals surface area (Å²) in [5, 5.41) is 6.27. The van der Waals surface area contributed by atoms with Crippen LogP contribution in [-0.2, 0) is 9.84 Å². The van der Waals surface area contributed by atoms with Crippen molar-refractivity contribution in [3.63, 3.8) is 0 Å². The van der Waals surface area contributed by atoms with Crippen molar-refractivity contribution in [3.05, 3.63) is 5.89 Å². The molecule has 0 radical (unpaired) electrons. The van der Waals surface area contributed by atoms with Crippen LogP contribution in [0.2, 0.25) is 0 Å². The Bertz CT molecular complexity index is 532. The molecular formula is C10H15F2N3O3S. The second kappa shape index (κ2) is 5.40. The summed E-state index contributed by atoms with van der Waals surface area (Å²) < 4.78 is 52.9. The van der Waals surface area contributed by atoms with Crippen molar-refractivity contribution in [2.75, 3.05) is 24.2 Å². The Morgan fingerprint density at radius 3 is 2.68 bits per heavy atom. The number of anilines is 1. The van der Waals surface area contributed by atoms with Crippen LogP contribution in [0.15, 0.2) is 4.42 Å². The number of alkyl halides is 2. The molecule has 1 aromatic heterocycles. The van der Waals surface area contributed by atoms with Crippen molar-refractivity contribution >= 4 is 15.9 Å². The zero-order valence-corrected chi connectivity index (χ0v) is 11.2. The molecule has 0 N–H and O–H groups in total. The van der Waals surface area contributed by atoms with Gasteiger partial charge in [0.25, 0.3) is 5.89 Å². The molecule has 19 heavy (non-hydrogen) atoms. The lowest BCUT2D eigenvalue weighted by atomic mass is 10.2. The lowest BCUT2D eigenvalue weighted by Gasteiger charge is -2.21. The predicted molar refractivity (Wildman–Crippen MR) is 64.0 cm³/mol. The van der Waals surface area contributed by atoms with Crippen LogP contribution in [0.1, 0.15) is 31.6 Å². The zero-order chi connectivity index (χ0) is 14.0. The number of nitrogens with zero attached hydrogens (tertiary/aromatic N) is 3. The van der Waals surface area contributed by atoms with Crippen molar-refractivity contribution in [3.8, 4) is 0 Å². The van der Waals surface area contributed by atoms with E-state index in [-0.39, 0.29) is 12.6 Å². The molecule has 1 aliphatic heterocycles. The maximum Gasteiger partial charge on any atom is 0.318 e. The summed E-state index contributed by atoms with van der Waals surface area (Å²) in [5.74, 6) is -0.741. The van der Waals surface area contributed by atoms with E-state index in [1.165, 1.54) is 6.26 Å². The molecule has 108 valence electrons. The van der Waals surface area contributed by atoms with Crippen molar-refractivity contribution in [1.29, 1.82) is 0 Å². The third kappa shape index (κ3) is 3.40. The quantitative estimate of drug-likeness (QED) is 0.839. The van der Waals surface area contributed by atoms with Gasteiger partial charge >= 0.3 is 12.4 Å². The first-order chi connectivity index (χ1) is 8.88. The molecule has 2 rings (SSSR count). The van der Waals surface area contributed by atoms with Crippen molar-refractivity contribution in [2.45, 2.75) is 30.9 Å². The number of rotatable bonds is 3. The molecule has 0 aliphatic carbocycles. The third-order valence-corrected chi connectivity index (χ3v) is 4.72. The van der Waals surface area contributed by atoms with Crippen LogP contribution >= 0.6 is 0 Å². The first kappa shape index (κ1) is 14.2. The van der Waals surface area contributed by atoms with Crippen LogP contribution in [0, 0.1) is 0 Å². The minimum Gasteiger partial charge on any atom is -0.402 e. The minimum absolute atomic E-state index is 0.0362. The second-order valence-corrected chi connectivity index (χ2v) is 6.94. The van der Waals surface area contributed by atoms with E-state index in [0.717, 1.165) is 12.8 Å². The Morgan fingerprint density at radius 1 is 1.37 bits per heavy atom. The van der Waals surface area contributed by atoms with Gasteiger partial charge in [0.1, 0.15) is 0 Å². The van der Waals surface area contributed by atoms with Gasteiger partial charge < -0.3 is 9.32 Å². The van der Waals surface area contributed by atoms with Gasteiger partial charge in [-0.3, -0.25) is 0 Å². The Morgan fingerprint density at radius 2 is 2.11 bits per heavy atom. The van der Waals surface area contributed by atoms with Gasteiger partial charge in [0, 0.05) is 19.3 Å². The average Bonchev–Trinajstić information content (AvgIpc) is 2.66. The van der Waals surface area contributed by atoms with E-state index < -0.39 is 27.4 Å². The van der Waals surface area contributed by atoms with Crippen molar-refractivity contribution in [1.82, 2.24) is 10.2 Å². The lowest BCUT2D eigenvalue weighted by Crippen LogP contribution is -2.35. The molecule has 1 saturated heterocycles. The summed E-state index contributed by atoms with van der Waals surface area (Å²) in [7, 11) is -3.18. The lowest BCUT2D eigenvalue weighted by molar-refractivity contribution is 0.115. The normalized spacial score (nSPS) is 21.7. The van der Waals surface area contributed by atoms with E-state index in [2.05, 4.69) is 10.2 Å². The largest absolute Gasteiger partial charge is 0.402 e. The van der Waals surface area contributed by atoms with Crippen LogP contribution in [0.4, 0.5) is 14.8 Å². The Kier molecular flexibility index (Phi) is 4.02. The first-order valence-corrected chi connectivity index (χ1v) is 7.88. The molecule has 2 heterocycles. The molecule has 0 amide bonds. The molecule has 1 atom stereocenters. The van der Waals surface area contributed by atoms with E-state index in [1.807, 2.05) is 0 Å². The molecular weight excluding hydrogens is 280 g/mol. The number of sulfone groups is 1. The topological polar surface area (TPSA) is 76.3 Å². The van der Waals surface area contributed by atoms with Gasteiger partial charge in [-0.15, -0.1) is 5.10 Å². The summed E-state index contributed by atoms with van der Waals surface area (Å²) >= 11 is 0. The number of halogens is 2. The monoisotopic (exact) mass is 295 g/mol. The minimum atomic E-state index is -3.18. The molecule has 0 spiro atoms. The third-order valence-electron chi connectivity index (χ3n) is 3.12. The summed E-state index contributed by atoms with van der Waals surface area (Å²) in [6.45, 7) is 0.723. The molecule has 9 heteroatoms. The zero-order valence-electron chi connectivity index (χ0n) is 10.4. The van der Waals surface area contributed by atoms with Crippen LogP contribution in [0.25, 0.3) is 0 Å². The van der Waals surface area contributed by atoms with Crippen molar-refractivity contribution < 1.29 is 21.6 Å². The fourth-order valence-corrected chi connectivity index (χ4v) is 3.11. The summed E-state index contributed by atoms with van der Waals surface area (Å²) in [6.07, 6.45) is 0.451. The van der Waals surface area contributed by atoms with Crippen LogP contribution in [0.5, 0.6) is 0 Å². The van der Waals surface area contributed by atoms with E-state index in [0.29, 0.717) is 13.0 Å². The van der Waals surface area contributed by atoms with E-state index in [4.69, 9.17) is 4.42 Å². The van der Waals surface area contributed by atoms with E-state index >= 15 is 0 Å². The molecule has 1 unspecified atom stereocenters. The van der Waals surface area contributed by atoms with Gasteiger partial charge in [-0.25, -0.2) is 8.42 Å². The van der Waals surface area contributed by atoms with Crippen LogP contribution in [0.3, 0.4) is 0 Å². The van der Waals surface area contributed by atoms with Crippen molar-refractivity contribution in [2.24, 2.45) is 0 Å². The summed E-state index contributed by atoms with van der Waals surface area (Å²) in [4.78, 5) is 1.57. The average molecular weight is 295 g/mol. The van der Waals surface area contributed by atoms with Gasteiger partial charge in [-0.2, -0.15) is 8.78 Å². The van der Waals surface area contributed by atoms with E-state index in [9.17, 15) is 17.2 Å². The number of hydrogen-bond acceptors (Lipinski definition) is 6. The maximum absolute atomic E-state index is 12.4. The highest BCUT2D eigenvalue weighted by atomic mass is 32.2. The molecule has 6 nitrogen and oxygen atoms in total. The predicted octanol–water partition coefficient (Wildman–Crippen LogP) is 1.41. The smallest absolute Gasteiger partial charge is 0.318 e. The van der Waals surface area contributed by atoms with E-state index in [1.54, 1.807) is 4.90 Å². The number of aromatic nitrogens is 2. The molecule has 0 bridgehead atoms. The maximum atomic E-state index is 12.4. The highest BCUT2D eigenvalue weighted by Crippen LogP contribution is 2.24. The molecule has 0 aromatic carbocycles. The van der Waals surface area contributed by atoms with Gasteiger partial charge in [-0.1, -0.05) is 11.5 Å². The SMILES string of the molecule is CS(=O)(=O)C1CCCCN(c2nnc(C(F)F)o2)C1. The van der Waals surface area contributed by atoms with Crippen LogP contribution in [-0.4, -0.2) is 43.2 Å². The first-order valence-electron chi connectivity index (χ1n) is 5.93. The highest BCUT2D eigenvalue weighted by Gasteiger charge is 2.29. The Hall–Kier alpha value is -1.25. The fourth-order valence-electron chi connectivity index (χ4n) is 2.07. The Labute approximate surface area is 109 Å². The summed E-state index contributed by atoms with van der Waals surface area (Å²) in [6, 6.07) is -0.0362. The number of hydrogen-bond donors (Lipinski definition) is 0. The standard InChI is InChI=1S/C10H15F2N3O3S/c1-19(16,17)7-4-2-3-5-15(6-7)10-14-13-9(18-10)8(11)12/h7-8H,2-6H2,1H3. The summed E-state index contributed by atoms with van der Waals surface area (Å²) in [5.41, 5.74) is 0. The Balaban J connectivity index is 2.17. The molecule has 1 aromatic rings. The fraction of sp³-hybridized carbons (Fsp3) is 0.800. The van der Waals surface area contributed by atoms with Crippen LogP contribution < -0.4 is 4.90 Å². The molecule has 0 saturated carbocycles. The van der Waals surface area contributed by atoms with Gasteiger partial charge in [0.15, 0.2) is 9.84 Å². The van der Waals surface area contributed by atoms with Gasteiger partial charge in [-0.05, 0) is 12.8 Å². The second-order valence-electron chi connectivity index (χ2n) is 4.62.